The summed E-state index contributed by atoms with van der Waals surface area (Å²) < 4.78 is 0. The van der Waals surface area contributed by atoms with Crippen molar-refractivity contribution in [1.82, 2.24) is 10.2 Å². The van der Waals surface area contributed by atoms with Crippen LogP contribution < -0.4 is 5.32 Å². The molecule has 0 aromatic heterocycles. The summed E-state index contributed by atoms with van der Waals surface area (Å²) in [6, 6.07) is 0.757. The highest BCUT2D eigenvalue weighted by Crippen LogP contribution is 2.34. The van der Waals surface area contributed by atoms with Crippen LogP contribution in [0, 0.1) is 17.3 Å². The number of hydrogen-bond acceptors (Lipinski definition) is 2. The zero-order valence-electron chi connectivity index (χ0n) is 13.5. The molecule has 1 saturated carbocycles. The van der Waals surface area contributed by atoms with E-state index >= 15 is 0 Å². The summed E-state index contributed by atoms with van der Waals surface area (Å²) in [6.45, 7) is 11.2. The monoisotopic (exact) mass is 266 g/mol. The zero-order chi connectivity index (χ0) is 13.9. The Balaban J connectivity index is 1.91. The molecule has 2 aliphatic rings. The highest BCUT2D eigenvalue weighted by atomic mass is 15.1. The normalized spacial score (nSPS) is 36.3. The lowest BCUT2D eigenvalue weighted by atomic mass is 9.76. The van der Waals surface area contributed by atoms with Crippen LogP contribution in [0.1, 0.15) is 59.3 Å². The molecule has 1 aliphatic carbocycles. The third-order valence-corrected chi connectivity index (χ3v) is 5.51. The van der Waals surface area contributed by atoms with Crippen molar-refractivity contribution in [2.75, 3.05) is 26.7 Å². The van der Waals surface area contributed by atoms with E-state index in [4.69, 9.17) is 0 Å². The minimum absolute atomic E-state index is 0.534. The molecule has 0 aromatic rings. The molecule has 0 bridgehead atoms. The first-order valence-corrected chi connectivity index (χ1v) is 8.43. The van der Waals surface area contributed by atoms with Crippen LogP contribution in [0.15, 0.2) is 0 Å². The van der Waals surface area contributed by atoms with Crippen molar-refractivity contribution in [2.24, 2.45) is 17.3 Å². The van der Waals surface area contributed by atoms with Crippen LogP contribution in [-0.2, 0) is 0 Å². The third kappa shape index (κ3) is 4.19. The van der Waals surface area contributed by atoms with Gasteiger partial charge in [0.15, 0.2) is 0 Å². The Morgan fingerprint density at radius 3 is 2.68 bits per heavy atom. The van der Waals surface area contributed by atoms with Gasteiger partial charge in [-0.2, -0.15) is 0 Å². The van der Waals surface area contributed by atoms with Crippen LogP contribution in [0.2, 0.25) is 0 Å². The van der Waals surface area contributed by atoms with Crippen molar-refractivity contribution < 1.29 is 0 Å². The topological polar surface area (TPSA) is 15.3 Å². The minimum Gasteiger partial charge on any atom is -0.317 e. The summed E-state index contributed by atoms with van der Waals surface area (Å²) in [6.07, 6.45) is 8.43. The number of likely N-dealkylation sites (tertiary alicyclic amines) is 1. The van der Waals surface area contributed by atoms with Gasteiger partial charge in [-0.25, -0.2) is 0 Å². The highest BCUT2D eigenvalue weighted by Gasteiger charge is 2.33. The van der Waals surface area contributed by atoms with Crippen molar-refractivity contribution >= 4 is 0 Å². The molecule has 2 heteroatoms. The Morgan fingerprint density at radius 2 is 2.05 bits per heavy atom. The summed E-state index contributed by atoms with van der Waals surface area (Å²) in [4.78, 5) is 2.75. The van der Waals surface area contributed by atoms with E-state index in [1.165, 1.54) is 58.2 Å². The minimum atomic E-state index is 0.534. The lowest BCUT2D eigenvalue weighted by molar-refractivity contribution is 0.0758. The van der Waals surface area contributed by atoms with E-state index in [1.807, 2.05) is 0 Å². The molecule has 2 fully saturated rings. The Hall–Kier alpha value is -0.0800. The van der Waals surface area contributed by atoms with Gasteiger partial charge in [0, 0.05) is 19.1 Å². The van der Waals surface area contributed by atoms with E-state index in [0.717, 1.165) is 17.9 Å². The fraction of sp³-hybridized carbons (Fsp3) is 1.00. The van der Waals surface area contributed by atoms with Crippen LogP contribution in [0.4, 0.5) is 0 Å². The summed E-state index contributed by atoms with van der Waals surface area (Å²) in [5.41, 5.74) is 0.534. The van der Waals surface area contributed by atoms with Crippen molar-refractivity contribution in [1.29, 1.82) is 0 Å². The maximum absolute atomic E-state index is 3.58. The molecule has 19 heavy (non-hydrogen) atoms. The fourth-order valence-corrected chi connectivity index (χ4v) is 4.35. The Bertz CT molecular complexity index is 274. The first-order chi connectivity index (χ1) is 9.04. The second-order valence-electron chi connectivity index (χ2n) is 7.75. The van der Waals surface area contributed by atoms with Gasteiger partial charge in [-0.05, 0) is 62.9 Å². The van der Waals surface area contributed by atoms with Gasteiger partial charge >= 0.3 is 0 Å². The van der Waals surface area contributed by atoms with Gasteiger partial charge < -0.3 is 10.2 Å². The van der Waals surface area contributed by atoms with Crippen molar-refractivity contribution in [2.45, 2.75) is 65.3 Å². The van der Waals surface area contributed by atoms with Crippen molar-refractivity contribution in [3.63, 3.8) is 0 Å². The van der Waals surface area contributed by atoms with Crippen LogP contribution in [0.5, 0.6) is 0 Å². The third-order valence-electron chi connectivity index (χ3n) is 5.51. The van der Waals surface area contributed by atoms with E-state index in [2.05, 4.69) is 38.0 Å². The average molecular weight is 266 g/mol. The van der Waals surface area contributed by atoms with E-state index in [-0.39, 0.29) is 0 Å². The van der Waals surface area contributed by atoms with Crippen LogP contribution in [-0.4, -0.2) is 37.6 Å². The fourth-order valence-electron chi connectivity index (χ4n) is 4.35. The van der Waals surface area contributed by atoms with Gasteiger partial charge in [0.2, 0.25) is 0 Å². The van der Waals surface area contributed by atoms with Gasteiger partial charge in [0.05, 0.1) is 0 Å². The second-order valence-corrected chi connectivity index (χ2v) is 7.75. The molecular formula is C17H34N2. The van der Waals surface area contributed by atoms with Gasteiger partial charge in [-0.3, -0.25) is 0 Å². The standard InChI is InChI=1S/C17H34N2/c1-5-14-7-8-16(18-4)15(11-14)12-19-10-6-9-17(2,3)13-19/h14-16,18H,5-13H2,1-4H3. The Kier molecular flexibility index (Phi) is 5.30. The number of nitrogens with one attached hydrogen (secondary N) is 1. The molecule has 0 aromatic carbocycles. The number of rotatable bonds is 4. The first-order valence-electron chi connectivity index (χ1n) is 8.43. The number of hydrogen-bond donors (Lipinski definition) is 1. The maximum Gasteiger partial charge on any atom is 0.0105 e. The highest BCUT2D eigenvalue weighted by molar-refractivity contribution is 4.88. The molecule has 1 aliphatic heterocycles. The van der Waals surface area contributed by atoms with E-state index in [0.29, 0.717) is 5.41 Å². The van der Waals surface area contributed by atoms with Gasteiger partial charge in [-0.15, -0.1) is 0 Å². The summed E-state index contributed by atoms with van der Waals surface area (Å²) >= 11 is 0. The lowest BCUT2D eigenvalue weighted by Crippen LogP contribution is -2.48. The molecule has 0 radical (unpaired) electrons. The largest absolute Gasteiger partial charge is 0.317 e. The maximum atomic E-state index is 3.58. The van der Waals surface area contributed by atoms with Crippen LogP contribution >= 0.6 is 0 Å². The van der Waals surface area contributed by atoms with E-state index < -0.39 is 0 Å². The lowest BCUT2D eigenvalue weighted by Gasteiger charge is -2.43. The molecule has 0 spiro atoms. The second kappa shape index (κ2) is 6.58. The molecular weight excluding hydrogens is 232 g/mol. The van der Waals surface area contributed by atoms with Gasteiger partial charge in [-0.1, -0.05) is 27.2 Å². The predicted octanol–water partition coefficient (Wildman–Crippen LogP) is 3.52. The van der Waals surface area contributed by atoms with Crippen LogP contribution in [0.25, 0.3) is 0 Å². The predicted molar refractivity (Wildman–Crippen MR) is 83.4 cm³/mol. The molecule has 1 N–H and O–H groups in total. The van der Waals surface area contributed by atoms with Gasteiger partial charge in [0.1, 0.15) is 0 Å². The smallest absolute Gasteiger partial charge is 0.0105 e. The molecule has 3 atom stereocenters. The van der Waals surface area contributed by atoms with Crippen LogP contribution in [0.3, 0.4) is 0 Å². The van der Waals surface area contributed by atoms with E-state index in [1.54, 1.807) is 0 Å². The Morgan fingerprint density at radius 1 is 1.26 bits per heavy atom. The van der Waals surface area contributed by atoms with Crippen molar-refractivity contribution in [3.8, 4) is 0 Å². The van der Waals surface area contributed by atoms with Crippen molar-refractivity contribution in [3.05, 3.63) is 0 Å². The molecule has 2 rings (SSSR count). The first kappa shape index (κ1) is 15.3. The average Bonchev–Trinajstić information content (AvgIpc) is 2.37. The molecule has 112 valence electrons. The summed E-state index contributed by atoms with van der Waals surface area (Å²) in [5.74, 6) is 1.85. The van der Waals surface area contributed by atoms with E-state index in [9.17, 15) is 0 Å². The molecule has 2 nitrogen and oxygen atoms in total. The number of piperidine rings is 1. The molecule has 1 saturated heterocycles. The Labute approximate surface area is 120 Å². The molecule has 1 heterocycles. The molecule has 3 unspecified atom stereocenters. The molecule has 0 amide bonds. The quantitative estimate of drug-likeness (QED) is 0.837. The SMILES string of the molecule is CCC1CCC(NC)C(CN2CCCC(C)(C)C2)C1. The number of nitrogens with zero attached hydrogens (tertiary/aromatic N) is 1. The van der Waals surface area contributed by atoms with Gasteiger partial charge in [0.25, 0.3) is 0 Å². The zero-order valence-corrected chi connectivity index (χ0v) is 13.5. The summed E-state index contributed by atoms with van der Waals surface area (Å²) in [7, 11) is 2.16. The summed E-state index contributed by atoms with van der Waals surface area (Å²) in [5, 5.41) is 3.58.